The number of carbonyl (C=O) groups is 2. The Morgan fingerprint density at radius 1 is 1.50 bits per heavy atom. The van der Waals surface area contributed by atoms with Crippen LogP contribution < -0.4 is 11.1 Å². The van der Waals surface area contributed by atoms with E-state index in [0.29, 0.717) is 12.3 Å². The van der Waals surface area contributed by atoms with Gasteiger partial charge in [0.1, 0.15) is 0 Å². The van der Waals surface area contributed by atoms with E-state index in [1.165, 1.54) is 0 Å². The van der Waals surface area contributed by atoms with E-state index in [9.17, 15) is 9.59 Å². The topological polar surface area (TPSA) is 92.4 Å². The lowest BCUT2D eigenvalue weighted by Gasteiger charge is -2.19. The van der Waals surface area contributed by atoms with Gasteiger partial charge in [-0.25, -0.2) is 0 Å². The molecule has 0 aliphatic heterocycles. The fourth-order valence-electron chi connectivity index (χ4n) is 1.75. The Bertz CT molecular complexity index is 264. The lowest BCUT2D eigenvalue weighted by Crippen LogP contribution is -2.46. The molecule has 0 radical (unpaired) electrons. The second-order valence-electron chi connectivity index (χ2n) is 4.45. The zero-order valence-electron chi connectivity index (χ0n) is 9.61. The van der Waals surface area contributed by atoms with Crippen LogP contribution in [0.4, 0.5) is 0 Å². The summed E-state index contributed by atoms with van der Waals surface area (Å²) in [6.45, 7) is 1.96. The molecule has 1 rings (SSSR count). The van der Waals surface area contributed by atoms with Gasteiger partial charge < -0.3 is 16.2 Å². The maximum Gasteiger partial charge on any atom is 0.305 e. The predicted molar refractivity (Wildman–Crippen MR) is 59.8 cm³/mol. The van der Waals surface area contributed by atoms with Crippen LogP contribution in [-0.4, -0.2) is 29.1 Å². The number of nitrogens with two attached hydrogens (primary N) is 1. The fraction of sp³-hybridized carbons (Fsp3) is 0.818. The molecule has 0 aromatic carbocycles. The van der Waals surface area contributed by atoms with Gasteiger partial charge in [0.15, 0.2) is 0 Å². The van der Waals surface area contributed by atoms with E-state index in [-0.39, 0.29) is 18.4 Å². The molecule has 16 heavy (non-hydrogen) atoms. The second-order valence-corrected chi connectivity index (χ2v) is 4.45. The number of hydrogen-bond donors (Lipinski definition) is 3. The summed E-state index contributed by atoms with van der Waals surface area (Å²) in [4.78, 5) is 22.3. The van der Waals surface area contributed by atoms with Gasteiger partial charge in [0.2, 0.25) is 5.91 Å². The van der Waals surface area contributed by atoms with Crippen LogP contribution in [0.2, 0.25) is 0 Å². The van der Waals surface area contributed by atoms with Crippen molar-refractivity contribution >= 4 is 11.9 Å². The van der Waals surface area contributed by atoms with Gasteiger partial charge in [-0.1, -0.05) is 13.3 Å². The molecule has 0 saturated heterocycles. The van der Waals surface area contributed by atoms with Gasteiger partial charge in [-0.2, -0.15) is 0 Å². The van der Waals surface area contributed by atoms with Gasteiger partial charge in [-0.3, -0.25) is 9.59 Å². The molecule has 0 bridgehead atoms. The molecular weight excluding hydrogens is 208 g/mol. The van der Waals surface area contributed by atoms with Crippen LogP contribution in [-0.2, 0) is 9.59 Å². The molecule has 5 nitrogen and oxygen atoms in total. The van der Waals surface area contributed by atoms with Crippen LogP contribution in [0.15, 0.2) is 0 Å². The summed E-state index contributed by atoms with van der Waals surface area (Å²) in [6, 6.07) is -0.757. The fourth-order valence-corrected chi connectivity index (χ4v) is 1.75. The van der Waals surface area contributed by atoms with Crippen LogP contribution in [0.25, 0.3) is 0 Å². The van der Waals surface area contributed by atoms with Crippen LogP contribution in [0.5, 0.6) is 0 Å². The number of carboxylic acid groups (broad SMARTS) is 1. The highest BCUT2D eigenvalue weighted by molar-refractivity contribution is 5.82. The Hall–Kier alpha value is -1.10. The van der Waals surface area contributed by atoms with Crippen LogP contribution >= 0.6 is 0 Å². The first kappa shape index (κ1) is 13.0. The smallest absolute Gasteiger partial charge is 0.305 e. The Morgan fingerprint density at radius 3 is 2.56 bits per heavy atom. The molecule has 0 aromatic heterocycles. The zero-order valence-corrected chi connectivity index (χ0v) is 9.61. The molecule has 1 aliphatic carbocycles. The highest BCUT2D eigenvalue weighted by atomic mass is 16.4. The van der Waals surface area contributed by atoms with E-state index in [0.717, 1.165) is 19.3 Å². The van der Waals surface area contributed by atoms with Crippen LogP contribution in [0.3, 0.4) is 0 Å². The summed E-state index contributed by atoms with van der Waals surface area (Å²) in [7, 11) is 0. The first-order chi connectivity index (χ1) is 7.54. The van der Waals surface area contributed by atoms with Gasteiger partial charge in [0.05, 0.1) is 12.5 Å². The summed E-state index contributed by atoms with van der Waals surface area (Å²) >= 11 is 0. The summed E-state index contributed by atoms with van der Waals surface area (Å²) in [6.07, 6.45) is 3.48. The summed E-state index contributed by atoms with van der Waals surface area (Å²) in [5.41, 5.74) is 5.67. The van der Waals surface area contributed by atoms with Crippen molar-refractivity contribution in [2.24, 2.45) is 11.7 Å². The Labute approximate surface area is 95.4 Å². The number of hydrogen-bond acceptors (Lipinski definition) is 3. The normalized spacial score (nSPS) is 18.9. The monoisotopic (exact) mass is 228 g/mol. The third kappa shape index (κ3) is 4.18. The highest BCUT2D eigenvalue weighted by Crippen LogP contribution is 2.34. The third-order valence-electron chi connectivity index (χ3n) is 2.85. The van der Waals surface area contributed by atoms with Crippen molar-refractivity contribution in [2.75, 3.05) is 0 Å². The first-order valence-electron chi connectivity index (χ1n) is 5.82. The minimum atomic E-state index is -0.874. The lowest BCUT2D eigenvalue weighted by atomic mass is 10.1. The number of amides is 1. The molecule has 4 N–H and O–H groups in total. The van der Waals surface area contributed by atoms with Crippen molar-refractivity contribution in [2.45, 2.75) is 51.1 Å². The van der Waals surface area contributed by atoms with Gasteiger partial charge >= 0.3 is 5.97 Å². The molecule has 1 amide bonds. The minimum Gasteiger partial charge on any atom is -0.481 e. The van der Waals surface area contributed by atoms with Crippen LogP contribution in [0.1, 0.15) is 39.0 Å². The van der Waals surface area contributed by atoms with Gasteiger partial charge in [0.25, 0.3) is 0 Å². The zero-order chi connectivity index (χ0) is 12.1. The molecule has 5 heteroatoms. The molecule has 1 fully saturated rings. The number of carboxylic acids is 1. The molecule has 92 valence electrons. The molecule has 0 spiro atoms. The maximum absolute atomic E-state index is 11.6. The van der Waals surface area contributed by atoms with Crippen molar-refractivity contribution in [3.8, 4) is 0 Å². The molecule has 1 aliphatic rings. The standard InChI is InChI=1S/C11H20N2O3/c1-2-3-8(12)11(16)13-9(6-10(14)15)7-4-5-7/h7-9H,2-6,12H2,1H3,(H,13,16)(H,14,15). The maximum atomic E-state index is 11.6. The largest absolute Gasteiger partial charge is 0.481 e. The van der Waals surface area contributed by atoms with E-state index in [1.54, 1.807) is 0 Å². The number of aliphatic carboxylic acids is 1. The second kappa shape index (κ2) is 5.84. The van der Waals surface area contributed by atoms with E-state index in [4.69, 9.17) is 10.8 Å². The summed E-state index contributed by atoms with van der Waals surface area (Å²) in [5, 5.41) is 11.5. The number of nitrogens with one attached hydrogen (secondary N) is 1. The van der Waals surface area contributed by atoms with E-state index < -0.39 is 12.0 Å². The van der Waals surface area contributed by atoms with E-state index in [2.05, 4.69) is 5.32 Å². The molecule has 2 unspecified atom stereocenters. The van der Waals surface area contributed by atoms with E-state index >= 15 is 0 Å². The Morgan fingerprint density at radius 2 is 2.12 bits per heavy atom. The third-order valence-corrected chi connectivity index (χ3v) is 2.85. The predicted octanol–water partition coefficient (Wildman–Crippen LogP) is 0.483. The average Bonchev–Trinajstić information content (AvgIpc) is 2.99. The van der Waals surface area contributed by atoms with Crippen molar-refractivity contribution in [3.05, 3.63) is 0 Å². The van der Waals surface area contributed by atoms with Crippen molar-refractivity contribution < 1.29 is 14.7 Å². The molecule has 1 saturated carbocycles. The van der Waals surface area contributed by atoms with Gasteiger partial charge in [-0.05, 0) is 25.2 Å². The Balaban J connectivity index is 2.41. The SMILES string of the molecule is CCCC(N)C(=O)NC(CC(=O)O)C1CC1. The average molecular weight is 228 g/mol. The molecular formula is C11H20N2O3. The molecule has 0 heterocycles. The minimum absolute atomic E-state index is 0.00471. The highest BCUT2D eigenvalue weighted by Gasteiger charge is 2.34. The number of rotatable bonds is 7. The molecule has 0 aromatic rings. The summed E-state index contributed by atoms with van der Waals surface area (Å²) < 4.78 is 0. The van der Waals surface area contributed by atoms with Crippen molar-refractivity contribution in [3.63, 3.8) is 0 Å². The Kier molecular flexibility index (Phi) is 4.73. The lowest BCUT2D eigenvalue weighted by molar-refractivity contribution is -0.138. The summed E-state index contributed by atoms with van der Waals surface area (Å²) in [5.74, 6) is -0.768. The van der Waals surface area contributed by atoms with E-state index in [1.807, 2.05) is 6.92 Å². The molecule has 2 atom stereocenters. The first-order valence-corrected chi connectivity index (χ1v) is 5.82. The van der Waals surface area contributed by atoms with Gasteiger partial charge in [0, 0.05) is 6.04 Å². The quantitative estimate of drug-likeness (QED) is 0.591. The van der Waals surface area contributed by atoms with Crippen LogP contribution in [0, 0.1) is 5.92 Å². The van der Waals surface area contributed by atoms with Crippen molar-refractivity contribution in [1.82, 2.24) is 5.32 Å². The number of carbonyl (C=O) groups excluding carboxylic acids is 1. The van der Waals surface area contributed by atoms with Crippen molar-refractivity contribution in [1.29, 1.82) is 0 Å². The van der Waals surface area contributed by atoms with Gasteiger partial charge in [-0.15, -0.1) is 0 Å².